The first-order valence-corrected chi connectivity index (χ1v) is 4.20. The molecule has 1 rings (SSSR count). The Bertz CT molecular complexity index is 432. The van der Waals surface area contributed by atoms with Crippen LogP contribution < -0.4 is 5.32 Å². The van der Waals surface area contributed by atoms with Gasteiger partial charge in [-0.2, -0.15) is 0 Å². The SMILES string of the molecule is COC(=O)/C=C/Nc1cc(F)cc(F)c1F. The first-order chi connectivity index (χ1) is 7.54. The largest absolute Gasteiger partial charge is 0.466 e. The van der Waals surface area contributed by atoms with E-state index in [4.69, 9.17) is 0 Å². The number of rotatable bonds is 3. The summed E-state index contributed by atoms with van der Waals surface area (Å²) in [4.78, 5) is 10.6. The quantitative estimate of drug-likeness (QED) is 0.492. The molecular formula is C10H8F3NO2. The second kappa shape index (κ2) is 5.20. The van der Waals surface area contributed by atoms with Crippen LogP contribution in [0.1, 0.15) is 0 Å². The zero-order chi connectivity index (χ0) is 12.1. The third kappa shape index (κ3) is 3.01. The molecule has 3 nitrogen and oxygen atoms in total. The molecule has 0 heterocycles. The third-order valence-corrected chi connectivity index (χ3v) is 1.65. The molecule has 86 valence electrons. The summed E-state index contributed by atoms with van der Waals surface area (Å²) in [6, 6.07) is 1.19. The molecule has 0 spiro atoms. The summed E-state index contributed by atoms with van der Waals surface area (Å²) in [5, 5.41) is 2.22. The van der Waals surface area contributed by atoms with Gasteiger partial charge in [0.2, 0.25) is 0 Å². The van der Waals surface area contributed by atoms with Crippen LogP contribution in [-0.2, 0) is 9.53 Å². The van der Waals surface area contributed by atoms with Crippen molar-refractivity contribution in [3.05, 3.63) is 41.9 Å². The van der Waals surface area contributed by atoms with E-state index in [1.54, 1.807) is 0 Å². The van der Waals surface area contributed by atoms with E-state index >= 15 is 0 Å². The van der Waals surface area contributed by atoms with Crippen molar-refractivity contribution in [3.63, 3.8) is 0 Å². The van der Waals surface area contributed by atoms with Gasteiger partial charge in [-0.3, -0.25) is 0 Å². The van der Waals surface area contributed by atoms with Crippen molar-refractivity contribution in [2.24, 2.45) is 0 Å². The van der Waals surface area contributed by atoms with Crippen LogP contribution in [0.5, 0.6) is 0 Å². The molecular weight excluding hydrogens is 223 g/mol. The van der Waals surface area contributed by atoms with Crippen LogP contribution in [0.25, 0.3) is 0 Å². The van der Waals surface area contributed by atoms with Crippen molar-refractivity contribution in [3.8, 4) is 0 Å². The fourth-order valence-corrected chi connectivity index (χ4v) is 0.929. The van der Waals surface area contributed by atoms with Crippen LogP contribution in [0, 0.1) is 17.5 Å². The van der Waals surface area contributed by atoms with Crippen molar-refractivity contribution in [2.75, 3.05) is 12.4 Å². The zero-order valence-corrected chi connectivity index (χ0v) is 8.26. The van der Waals surface area contributed by atoms with E-state index in [1.807, 2.05) is 0 Å². The zero-order valence-electron chi connectivity index (χ0n) is 8.26. The number of hydrogen-bond acceptors (Lipinski definition) is 3. The molecule has 0 amide bonds. The lowest BCUT2D eigenvalue weighted by molar-refractivity contribution is -0.134. The number of hydrogen-bond donors (Lipinski definition) is 1. The Morgan fingerprint density at radius 1 is 1.38 bits per heavy atom. The van der Waals surface area contributed by atoms with E-state index < -0.39 is 29.1 Å². The van der Waals surface area contributed by atoms with Crippen LogP contribution in [0.15, 0.2) is 24.4 Å². The highest BCUT2D eigenvalue weighted by atomic mass is 19.2. The van der Waals surface area contributed by atoms with Crippen molar-refractivity contribution in [2.45, 2.75) is 0 Å². The summed E-state index contributed by atoms with van der Waals surface area (Å²) in [6.45, 7) is 0. The predicted octanol–water partition coefficient (Wildman–Crippen LogP) is 2.20. The smallest absolute Gasteiger partial charge is 0.331 e. The lowest BCUT2D eigenvalue weighted by atomic mass is 10.3. The minimum atomic E-state index is -1.31. The summed E-state index contributed by atoms with van der Waals surface area (Å²) < 4.78 is 42.7. The lowest BCUT2D eigenvalue weighted by Gasteiger charge is -2.03. The molecule has 0 aromatic heterocycles. The van der Waals surface area contributed by atoms with Gasteiger partial charge in [-0.1, -0.05) is 0 Å². The highest BCUT2D eigenvalue weighted by Gasteiger charge is 2.09. The highest BCUT2D eigenvalue weighted by molar-refractivity contribution is 5.82. The maximum atomic E-state index is 13.0. The van der Waals surface area contributed by atoms with E-state index in [0.717, 1.165) is 25.5 Å². The summed E-state index contributed by atoms with van der Waals surface area (Å²) in [7, 11) is 1.16. The molecule has 0 aliphatic carbocycles. The van der Waals surface area contributed by atoms with Crippen LogP contribution in [0.2, 0.25) is 0 Å². The fraction of sp³-hybridized carbons (Fsp3) is 0.100. The number of carbonyl (C=O) groups excluding carboxylic acids is 1. The van der Waals surface area contributed by atoms with Gasteiger partial charge in [-0.25, -0.2) is 18.0 Å². The number of methoxy groups -OCH3 is 1. The molecule has 0 aliphatic heterocycles. The Balaban J connectivity index is 2.82. The van der Waals surface area contributed by atoms with Gasteiger partial charge in [0, 0.05) is 24.4 Å². The summed E-state index contributed by atoms with van der Waals surface area (Å²) in [5.41, 5.74) is -0.405. The third-order valence-electron chi connectivity index (χ3n) is 1.65. The number of carbonyl (C=O) groups is 1. The maximum absolute atomic E-state index is 13.0. The monoisotopic (exact) mass is 231 g/mol. The molecule has 1 N–H and O–H groups in total. The molecule has 1 aromatic rings. The number of halogens is 3. The average molecular weight is 231 g/mol. The van der Waals surface area contributed by atoms with E-state index in [0.29, 0.717) is 6.07 Å². The topological polar surface area (TPSA) is 38.3 Å². The van der Waals surface area contributed by atoms with E-state index in [1.165, 1.54) is 0 Å². The van der Waals surface area contributed by atoms with Crippen LogP contribution >= 0.6 is 0 Å². The van der Waals surface area contributed by atoms with Crippen molar-refractivity contribution in [1.29, 1.82) is 0 Å². The fourth-order valence-electron chi connectivity index (χ4n) is 0.929. The number of nitrogens with one attached hydrogen (secondary N) is 1. The molecule has 6 heteroatoms. The predicted molar refractivity (Wildman–Crippen MR) is 51.1 cm³/mol. The number of benzene rings is 1. The van der Waals surface area contributed by atoms with Crippen LogP contribution in [-0.4, -0.2) is 13.1 Å². The van der Waals surface area contributed by atoms with Gasteiger partial charge in [-0.05, 0) is 0 Å². The van der Waals surface area contributed by atoms with Gasteiger partial charge in [0.15, 0.2) is 11.6 Å². The van der Waals surface area contributed by atoms with Gasteiger partial charge >= 0.3 is 5.97 Å². The van der Waals surface area contributed by atoms with Crippen molar-refractivity contribution >= 4 is 11.7 Å². The summed E-state index contributed by atoms with van der Waals surface area (Å²) >= 11 is 0. The second-order valence-electron chi connectivity index (χ2n) is 2.75. The van der Waals surface area contributed by atoms with Gasteiger partial charge < -0.3 is 10.1 Å². The molecule has 0 unspecified atom stereocenters. The minimum Gasteiger partial charge on any atom is -0.466 e. The van der Waals surface area contributed by atoms with E-state index in [9.17, 15) is 18.0 Å². The van der Waals surface area contributed by atoms with Crippen LogP contribution in [0.3, 0.4) is 0 Å². The molecule has 1 aromatic carbocycles. The van der Waals surface area contributed by atoms with Gasteiger partial charge in [0.05, 0.1) is 12.8 Å². The Labute approximate surface area is 89.5 Å². The number of esters is 1. The maximum Gasteiger partial charge on any atom is 0.331 e. The van der Waals surface area contributed by atoms with E-state index in [-0.39, 0.29) is 0 Å². The molecule has 0 aliphatic rings. The standard InChI is InChI=1S/C10H8F3NO2/c1-16-9(15)2-3-14-8-5-6(11)4-7(12)10(8)13/h2-5,14H,1H3/b3-2+. The Morgan fingerprint density at radius 3 is 2.69 bits per heavy atom. The first kappa shape index (κ1) is 12.1. The highest BCUT2D eigenvalue weighted by Crippen LogP contribution is 2.18. The lowest BCUT2D eigenvalue weighted by Crippen LogP contribution is -1.99. The second-order valence-corrected chi connectivity index (χ2v) is 2.75. The molecule has 0 atom stereocenters. The Morgan fingerprint density at radius 2 is 2.06 bits per heavy atom. The Kier molecular flexibility index (Phi) is 3.93. The molecule has 0 saturated heterocycles. The first-order valence-electron chi connectivity index (χ1n) is 4.20. The molecule has 16 heavy (non-hydrogen) atoms. The van der Waals surface area contributed by atoms with Crippen molar-refractivity contribution < 1.29 is 22.7 Å². The van der Waals surface area contributed by atoms with E-state index in [2.05, 4.69) is 10.1 Å². The molecule has 0 radical (unpaired) electrons. The van der Waals surface area contributed by atoms with Gasteiger partial charge in [-0.15, -0.1) is 0 Å². The summed E-state index contributed by atoms with van der Waals surface area (Å²) in [5.74, 6) is -4.14. The molecule has 0 saturated carbocycles. The minimum absolute atomic E-state index is 0.405. The van der Waals surface area contributed by atoms with Crippen LogP contribution in [0.4, 0.5) is 18.9 Å². The molecule has 0 fully saturated rings. The number of anilines is 1. The van der Waals surface area contributed by atoms with Gasteiger partial charge in [0.1, 0.15) is 5.82 Å². The van der Waals surface area contributed by atoms with Gasteiger partial charge in [0.25, 0.3) is 0 Å². The van der Waals surface area contributed by atoms with Crippen molar-refractivity contribution in [1.82, 2.24) is 0 Å². The normalized spacial score (nSPS) is 10.5. The molecule has 0 bridgehead atoms. The summed E-state index contributed by atoms with van der Waals surface area (Å²) in [6.07, 6.45) is 1.96. The Hall–Kier alpha value is -1.98. The average Bonchev–Trinajstić information content (AvgIpc) is 2.24. The number of ether oxygens (including phenoxy) is 1.